The quantitative estimate of drug-likeness (QED) is 0.331. The minimum atomic E-state index is -0.219. The highest BCUT2D eigenvalue weighted by molar-refractivity contribution is 8.01. The van der Waals surface area contributed by atoms with Crippen molar-refractivity contribution in [3.63, 3.8) is 0 Å². The Hall–Kier alpha value is -2.13. The highest BCUT2D eigenvalue weighted by Gasteiger charge is 2.06. The van der Waals surface area contributed by atoms with E-state index in [2.05, 4.69) is 20.7 Å². The molecule has 0 unspecified atom stereocenters. The number of hydrogen-bond acceptors (Lipinski definition) is 8. The standard InChI is InChI=1S/C12H14N6OS2/c1-7(8-2-4-9(13)5-3-8)15-16-10(19)6-20-12-18-17-11(14)21-12/h2-5H,6,13H2,1H3,(H2,14,17)(H,16,19)/b15-7-. The third kappa shape index (κ3) is 4.72. The van der Waals surface area contributed by atoms with Crippen LogP contribution in [-0.4, -0.2) is 27.6 Å². The number of anilines is 2. The molecule has 0 aliphatic heterocycles. The second-order valence-corrected chi connectivity index (χ2v) is 6.28. The Kier molecular flexibility index (Phi) is 5.12. The van der Waals surface area contributed by atoms with Gasteiger partial charge in [0, 0.05) is 5.69 Å². The van der Waals surface area contributed by atoms with Crippen molar-refractivity contribution < 1.29 is 4.79 Å². The monoisotopic (exact) mass is 322 g/mol. The van der Waals surface area contributed by atoms with Gasteiger partial charge >= 0.3 is 0 Å². The summed E-state index contributed by atoms with van der Waals surface area (Å²) in [7, 11) is 0. The number of carbonyl (C=O) groups excluding carboxylic acids is 1. The van der Waals surface area contributed by atoms with Crippen molar-refractivity contribution in [2.45, 2.75) is 11.3 Å². The number of nitrogen functional groups attached to an aromatic ring is 2. The zero-order valence-electron chi connectivity index (χ0n) is 11.2. The minimum Gasteiger partial charge on any atom is -0.399 e. The fourth-order valence-electron chi connectivity index (χ4n) is 1.37. The zero-order chi connectivity index (χ0) is 15.2. The van der Waals surface area contributed by atoms with E-state index in [4.69, 9.17) is 11.5 Å². The van der Waals surface area contributed by atoms with Crippen molar-refractivity contribution in [3.05, 3.63) is 29.8 Å². The van der Waals surface area contributed by atoms with Crippen LogP contribution in [0, 0.1) is 0 Å². The smallest absolute Gasteiger partial charge is 0.250 e. The molecule has 1 aromatic carbocycles. The van der Waals surface area contributed by atoms with Crippen LogP contribution >= 0.6 is 23.1 Å². The second kappa shape index (κ2) is 7.04. The molecular weight excluding hydrogens is 308 g/mol. The number of nitrogens with one attached hydrogen (secondary N) is 1. The number of nitrogens with two attached hydrogens (primary N) is 2. The Bertz CT molecular complexity index is 652. The van der Waals surface area contributed by atoms with Crippen LogP contribution in [0.15, 0.2) is 33.7 Å². The summed E-state index contributed by atoms with van der Waals surface area (Å²) < 4.78 is 0.655. The normalized spacial score (nSPS) is 11.4. The van der Waals surface area contributed by atoms with E-state index in [1.54, 1.807) is 12.1 Å². The Morgan fingerprint density at radius 3 is 2.67 bits per heavy atom. The third-order valence-corrected chi connectivity index (χ3v) is 4.31. The van der Waals surface area contributed by atoms with Crippen LogP contribution in [-0.2, 0) is 4.79 Å². The van der Waals surface area contributed by atoms with Gasteiger partial charge in [0.2, 0.25) is 5.13 Å². The molecule has 0 aliphatic rings. The molecule has 0 bridgehead atoms. The van der Waals surface area contributed by atoms with Gasteiger partial charge in [0.1, 0.15) is 0 Å². The summed E-state index contributed by atoms with van der Waals surface area (Å²) >= 11 is 2.51. The van der Waals surface area contributed by atoms with E-state index in [0.29, 0.717) is 20.9 Å². The molecule has 2 aromatic rings. The maximum absolute atomic E-state index is 11.7. The zero-order valence-corrected chi connectivity index (χ0v) is 12.9. The molecule has 0 radical (unpaired) electrons. The van der Waals surface area contributed by atoms with Gasteiger partial charge in [0.05, 0.1) is 11.5 Å². The number of thioether (sulfide) groups is 1. The molecule has 110 valence electrons. The lowest BCUT2D eigenvalue weighted by Gasteiger charge is -2.02. The molecular formula is C12H14N6OS2. The van der Waals surface area contributed by atoms with Crippen molar-refractivity contribution in [3.8, 4) is 0 Å². The van der Waals surface area contributed by atoms with E-state index in [0.717, 1.165) is 5.56 Å². The fourth-order valence-corrected chi connectivity index (χ4v) is 2.80. The van der Waals surface area contributed by atoms with Crippen molar-refractivity contribution in [1.82, 2.24) is 15.6 Å². The Balaban J connectivity index is 1.84. The molecule has 1 amide bonds. The number of amides is 1. The summed E-state index contributed by atoms with van der Waals surface area (Å²) in [6.45, 7) is 1.81. The van der Waals surface area contributed by atoms with Gasteiger partial charge in [-0.3, -0.25) is 4.79 Å². The van der Waals surface area contributed by atoms with Crippen molar-refractivity contribution >= 4 is 45.5 Å². The highest BCUT2D eigenvalue weighted by Crippen LogP contribution is 2.22. The molecule has 1 aromatic heterocycles. The first kappa shape index (κ1) is 15.3. The molecule has 0 aliphatic carbocycles. The number of nitrogens with zero attached hydrogens (tertiary/aromatic N) is 3. The van der Waals surface area contributed by atoms with Gasteiger partial charge in [-0.05, 0) is 24.6 Å². The first-order valence-electron chi connectivity index (χ1n) is 5.95. The van der Waals surface area contributed by atoms with E-state index in [1.807, 2.05) is 19.1 Å². The summed E-state index contributed by atoms with van der Waals surface area (Å²) in [6, 6.07) is 7.26. The second-order valence-electron chi connectivity index (χ2n) is 4.05. The van der Waals surface area contributed by atoms with Crippen molar-refractivity contribution in [2.75, 3.05) is 17.2 Å². The minimum absolute atomic E-state index is 0.202. The summed E-state index contributed by atoms with van der Waals surface area (Å²) in [5.74, 6) is -0.0174. The number of hydrogen-bond donors (Lipinski definition) is 3. The lowest BCUT2D eigenvalue weighted by Crippen LogP contribution is -2.21. The maximum atomic E-state index is 11.7. The Morgan fingerprint density at radius 1 is 1.33 bits per heavy atom. The summed E-state index contributed by atoms with van der Waals surface area (Å²) in [5.41, 5.74) is 15.9. The number of hydrazone groups is 1. The van der Waals surface area contributed by atoms with Crippen LogP contribution in [0.1, 0.15) is 12.5 Å². The van der Waals surface area contributed by atoms with E-state index in [-0.39, 0.29) is 11.7 Å². The summed E-state index contributed by atoms with van der Waals surface area (Å²) in [4.78, 5) is 11.7. The van der Waals surface area contributed by atoms with Crippen molar-refractivity contribution in [2.24, 2.45) is 5.10 Å². The Labute approximate surface area is 129 Å². The molecule has 9 heteroatoms. The molecule has 0 saturated heterocycles. The van der Waals surface area contributed by atoms with Crippen LogP contribution in [0.3, 0.4) is 0 Å². The number of benzene rings is 1. The summed E-state index contributed by atoms with van der Waals surface area (Å²) in [5, 5.41) is 11.9. The first-order valence-corrected chi connectivity index (χ1v) is 7.75. The van der Waals surface area contributed by atoms with E-state index in [9.17, 15) is 4.79 Å². The fraction of sp³-hybridized carbons (Fsp3) is 0.167. The van der Waals surface area contributed by atoms with Gasteiger partial charge in [0.25, 0.3) is 5.91 Å². The van der Waals surface area contributed by atoms with Gasteiger partial charge in [-0.25, -0.2) is 5.43 Å². The molecule has 0 fully saturated rings. The molecule has 2 rings (SSSR count). The van der Waals surface area contributed by atoms with Crippen LogP contribution in [0.4, 0.5) is 10.8 Å². The van der Waals surface area contributed by atoms with E-state index < -0.39 is 0 Å². The molecule has 5 N–H and O–H groups in total. The van der Waals surface area contributed by atoms with Gasteiger partial charge in [-0.15, -0.1) is 10.2 Å². The molecule has 0 atom stereocenters. The van der Waals surface area contributed by atoms with Gasteiger partial charge in [-0.1, -0.05) is 35.2 Å². The number of aromatic nitrogens is 2. The van der Waals surface area contributed by atoms with Crippen molar-refractivity contribution in [1.29, 1.82) is 0 Å². The topological polar surface area (TPSA) is 119 Å². The van der Waals surface area contributed by atoms with Crippen LogP contribution < -0.4 is 16.9 Å². The maximum Gasteiger partial charge on any atom is 0.250 e. The molecule has 1 heterocycles. The van der Waals surface area contributed by atoms with E-state index in [1.165, 1.54) is 23.1 Å². The van der Waals surface area contributed by atoms with Gasteiger partial charge in [-0.2, -0.15) is 5.10 Å². The molecule has 0 saturated carbocycles. The first-order chi connectivity index (χ1) is 10.0. The SMILES string of the molecule is C/C(=N/NC(=O)CSc1nnc(N)s1)c1ccc(N)cc1. The average Bonchev–Trinajstić information content (AvgIpc) is 2.89. The number of carbonyl (C=O) groups is 1. The van der Waals surface area contributed by atoms with Crippen LogP contribution in [0.5, 0.6) is 0 Å². The number of rotatable bonds is 5. The predicted molar refractivity (Wildman–Crippen MR) is 86.3 cm³/mol. The molecule has 0 spiro atoms. The van der Waals surface area contributed by atoms with Gasteiger partial charge in [0.15, 0.2) is 4.34 Å². The van der Waals surface area contributed by atoms with E-state index >= 15 is 0 Å². The van der Waals surface area contributed by atoms with Gasteiger partial charge < -0.3 is 11.5 Å². The summed E-state index contributed by atoms with van der Waals surface area (Å²) in [6.07, 6.45) is 0. The average molecular weight is 322 g/mol. The molecule has 21 heavy (non-hydrogen) atoms. The lowest BCUT2D eigenvalue weighted by atomic mass is 10.1. The largest absolute Gasteiger partial charge is 0.399 e. The van der Waals surface area contributed by atoms with Crippen LogP contribution in [0.2, 0.25) is 0 Å². The third-order valence-electron chi connectivity index (χ3n) is 2.43. The lowest BCUT2D eigenvalue weighted by molar-refractivity contribution is -0.118. The van der Waals surface area contributed by atoms with Crippen LogP contribution in [0.25, 0.3) is 0 Å². The highest BCUT2D eigenvalue weighted by atomic mass is 32.2. The predicted octanol–water partition coefficient (Wildman–Crippen LogP) is 1.33. The molecule has 7 nitrogen and oxygen atoms in total. The Morgan fingerprint density at radius 2 is 2.05 bits per heavy atom.